The summed E-state index contributed by atoms with van der Waals surface area (Å²) in [4.78, 5) is 14.1. The predicted molar refractivity (Wildman–Crippen MR) is 73.5 cm³/mol. The molecule has 1 aliphatic heterocycles. The number of anilines is 1. The molecule has 2 rings (SSSR count). The van der Waals surface area contributed by atoms with Crippen LogP contribution in [0.15, 0.2) is 11.0 Å². The van der Waals surface area contributed by atoms with Crippen molar-refractivity contribution in [1.82, 2.24) is 15.1 Å². The average molecular weight is 271 g/mol. The Morgan fingerprint density at radius 1 is 1.61 bits per heavy atom. The van der Waals surface area contributed by atoms with Crippen molar-refractivity contribution < 1.29 is 0 Å². The van der Waals surface area contributed by atoms with Crippen molar-refractivity contribution >= 4 is 17.3 Å². The molecular formula is C12H19ClN4O. The number of halogens is 1. The molecule has 1 fully saturated rings. The summed E-state index contributed by atoms with van der Waals surface area (Å²) in [6.07, 6.45) is 3.95. The lowest BCUT2D eigenvalue weighted by Crippen LogP contribution is -2.45. The monoisotopic (exact) mass is 270 g/mol. The molecule has 0 bridgehead atoms. The van der Waals surface area contributed by atoms with Gasteiger partial charge >= 0.3 is 0 Å². The maximum atomic E-state index is 11.9. The molecule has 0 aromatic carbocycles. The summed E-state index contributed by atoms with van der Waals surface area (Å²) in [6.45, 7) is 4.21. The molecule has 1 atom stereocenters. The molecule has 1 saturated heterocycles. The molecule has 1 unspecified atom stereocenters. The minimum absolute atomic E-state index is 0.205. The molecule has 2 heterocycles. The van der Waals surface area contributed by atoms with E-state index in [1.807, 2.05) is 14.0 Å². The van der Waals surface area contributed by atoms with Gasteiger partial charge in [-0.3, -0.25) is 4.79 Å². The van der Waals surface area contributed by atoms with E-state index in [2.05, 4.69) is 15.3 Å². The van der Waals surface area contributed by atoms with Gasteiger partial charge in [-0.05, 0) is 26.8 Å². The number of likely N-dealkylation sites (N-methyl/N-ethyl adjacent to an activating group) is 1. The van der Waals surface area contributed by atoms with Gasteiger partial charge in [0.1, 0.15) is 5.02 Å². The number of nitrogens with one attached hydrogen (secondary N) is 1. The molecule has 18 heavy (non-hydrogen) atoms. The van der Waals surface area contributed by atoms with Gasteiger partial charge in [0, 0.05) is 25.7 Å². The van der Waals surface area contributed by atoms with E-state index in [1.54, 1.807) is 6.20 Å². The first-order valence-corrected chi connectivity index (χ1v) is 6.73. The number of nitrogens with zero attached hydrogens (tertiary/aromatic N) is 3. The van der Waals surface area contributed by atoms with Gasteiger partial charge in [-0.2, -0.15) is 5.10 Å². The van der Waals surface area contributed by atoms with Crippen LogP contribution in [-0.4, -0.2) is 36.0 Å². The van der Waals surface area contributed by atoms with Crippen LogP contribution >= 0.6 is 11.6 Å². The molecule has 0 spiro atoms. The molecule has 100 valence electrons. The van der Waals surface area contributed by atoms with Gasteiger partial charge in [0.25, 0.3) is 5.56 Å². The highest BCUT2D eigenvalue weighted by atomic mass is 35.5. The van der Waals surface area contributed by atoms with Crippen LogP contribution in [0, 0.1) is 0 Å². The minimum Gasteiger partial charge on any atom is -0.367 e. The van der Waals surface area contributed by atoms with E-state index in [1.165, 1.54) is 4.68 Å². The number of rotatable bonds is 3. The van der Waals surface area contributed by atoms with Crippen LogP contribution in [0.3, 0.4) is 0 Å². The van der Waals surface area contributed by atoms with Gasteiger partial charge in [-0.15, -0.1) is 0 Å². The van der Waals surface area contributed by atoms with E-state index >= 15 is 0 Å². The Kier molecular flexibility index (Phi) is 4.24. The summed E-state index contributed by atoms with van der Waals surface area (Å²) < 4.78 is 1.38. The SMILES string of the molecule is CCn1ncc(N2CCCC(NC)C2)c(Cl)c1=O. The van der Waals surface area contributed by atoms with Crippen molar-refractivity contribution in [3.63, 3.8) is 0 Å². The number of hydrogen-bond donors (Lipinski definition) is 1. The Hall–Kier alpha value is -1.07. The van der Waals surface area contributed by atoms with Crippen molar-refractivity contribution in [2.75, 3.05) is 25.0 Å². The fourth-order valence-corrected chi connectivity index (χ4v) is 2.60. The molecule has 1 aliphatic rings. The highest BCUT2D eigenvalue weighted by Gasteiger charge is 2.22. The van der Waals surface area contributed by atoms with Crippen LogP contribution in [0.5, 0.6) is 0 Å². The Balaban J connectivity index is 2.28. The van der Waals surface area contributed by atoms with E-state index < -0.39 is 0 Å². The Morgan fingerprint density at radius 3 is 3.06 bits per heavy atom. The van der Waals surface area contributed by atoms with Crippen LogP contribution in [0.2, 0.25) is 5.02 Å². The van der Waals surface area contributed by atoms with E-state index in [0.29, 0.717) is 12.6 Å². The summed E-state index contributed by atoms with van der Waals surface area (Å²) in [5, 5.41) is 7.69. The second kappa shape index (κ2) is 5.71. The first kappa shape index (κ1) is 13.4. The molecule has 1 aromatic heterocycles. The fourth-order valence-electron chi connectivity index (χ4n) is 2.33. The van der Waals surface area contributed by atoms with Gasteiger partial charge in [-0.25, -0.2) is 4.68 Å². The molecule has 6 heteroatoms. The molecule has 5 nitrogen and oxygen atoms in total. The average Bonchev–Trinajstić information content (AvgIpc) is 2.42. The second-order valence-electron chi connectivity index (χ2n) is 4.54. The van der Waals surface area contributed by atoms with Crippen molar-refractivity contribution in [1.29, 1.82) is 0 Å². The predicted octanol–water partition coefficient (Wildman–Crippen LogP) is 1.10. The lowest BCUT2D eigenvalue weighted by atomic mass is 10.1. The summed E-state index contributed by atoms with van der Waals surface area (Å²) in [5.41, 5.74) is 0.551. The van der Waals surface area contributed by atoms with Crippen LogP contribution in [0.1, 0.15) is 19.8 Å². The van der Waals surface area contributed by atoms with Crippen molar-refractivity contribution in [3.05, 3.63) is 21.6 Å². The standard InChI is InChI=1S/C12H19ClN4O/c1-3-17-12(18)11(13)10(7-15-17)16-6-4-5-9(8-16)14-2/h7,9,14H,3-6,8H2,1-2H3. The number of aryl methyl sites for hydroxylation is 1. The maximum Gasteiger partial charge on any atom is 0.287 e. The lowest BCUT2D eigenvalue weighted by molar-refractivity contribution is 0.448. The molecule has 1 aromatic rings. The maximum absolute atomic E-state index is 11.9. The molecule has 0 amide bonds. The van der Waals surface area contributed by atoms with E-state index in [0.717, 1.165) is 31.6 Å². The third kappa shape index (κ3) is 2.52. The van der Waals surface area contributed by atoms with E-state index in [9.17, 15) is 4.79 Å². The molecule has 0 radical (unpaired) electrons. The van der Waals surface area contributed by atoms with Crippen LogP contribution in [0.4, 0.5) is 5.69 Å². The third-order valence-electron chi connectivity index (χ3n) is 3.44. The van der Waals surface area contributed by atoms with Gasteiger partial charge in [0.05, 0.1) is 11.9 Å². The zero-order chi connectivity index (χ0) is 13.1. The van der Waals surface area contributed by atoms with Gasteiger partial charge in [0.15, 0.2) is 0 Å². The van der Waals surface area contributed by atoms with Gasteiger partial charge in [0.2, 0.25) is 0 Å². The second-order valence-corrected chi connectivity index (χ2v) is 4.92. The van der Waals surface area contributed by atoms with Crippen LogP contribution in [0.25, 0.3) is 0 Å². The van der Waals surface area contributed by atoms with Crippen LogP contribution in [-0.2, 0) is 6.54 Å². The zero-order valence-electron chi connectivity index (χ0n) is 10.8. The Bertz CT molecular complexity index is 474. The highest BCUT2D eigenvalue weighted by Crippen LogP contribution is 2.24. The normalized spacial score (nSPS) is 20.2. The molecule has 1 N–H and O–H groups in total. The zero-order valence-corrected chi connectivity index (χ0v) is 11.6. The molecular weight excluding hydrogens is 252 g/mol. The van der Waals surface area contributed by atoms with Crippen molar-refractivity contribution in [3.8, 4) is 0 Å². The Labute approximate surface area is 112 Å². The number of aromatic nitrogens is 2. The van der Waals surface area contributed by atoms with Crippen LogP contribution < -0.4 is 15.8 Å². The lowest BCUT2D eigenvalue weighted by Gasteiger charge is -2.34. The summed E-state index contributed by atoms with van der Waals surface area (Å²) >= 11 is 6.17. The molecule has 0 aliphatic carbocycles. The first-order valence-electron chi connectivity index (χ1n) is 6.35. The molecule has 0 saturated carbocycles. The van der Waals surface area contributed by atoms with E-state index in [4.69, 9.17) is 11.6 Å². The van der Waals surface area contributed by atoms with E-state index in [-0.39, 0.29) is 10.6 Å². The fraction of sp³-hybridized carbons (Fsp3) is 0.667. The summed E-state index contributed by atoms with van der Waals surface area (Å²) in [6, 6.07) is 0.448. The summed E-state index contributed by atoms with van der Waals surface area (Å²) in [7, 11) is 1.96. The first-order chi connectivity index (χ1) is 8.67. The number of hydrogen-bond acceptors (Lipinski definition) is 4. The van der Waals surface area contributed by atoms with Gasteiger partial charge < -0.3 is 10.2 Å². The largest absolute Gasteiger partial charge is 0.367 e. The third-order valence-corrected chi connectivity index (χ3v) is 3.79. The van der Waals surface area contributed by atoms with Crippen molar-refractivity contribution in [2.45, 2.75) is 32.4 Å². The van der Waals surface area contributed by atoms with Gasteiger partial charge in [-0.1, -0.05) is 11.6 Å². The quantitative estimate of drug-likeness (QED) is 0.894. The topological polar surface area (TPSA) is 50.2 Å². The Morgan fingerprint density at radius 2 is 2.39 bits per heavy atom. The minimum atomic E-state index is -0.205. The number of piperidine rings is 1. The summed E-state index contributed by atoms with van der Waals surface area (Å²) in [5.74, 6) is 0. The highest BCUT2D eigenvalue weighted by molar-refractivity contribution is 6.33. The smallest absolute Gasteiger partial charge is 0.287 e. The van der Waals surface area contributed by atoms with Crippen molar-refractivity contribution in [2.24, 2.45) is 0 Å².